The van der Waals surface area contributed by atoms with Crippen LogP contribution < -0.4 is 0 Å². The van der Waals surface area contributed by atoms with E-state index in [9.17, 15) is 9.65 Å². The molecule has 1 aromatic carbocycles. The Morgan fingerprint density at radius 2 is 1.50 bits per heavy atom. The molecular weight excluding hydrogens is 527 g/mol. The van der Waals surface area contributed by atoms with E-state index in [1.807, 2.05) is 11.8 Å². The van der Waals surface area contributed by atoms with Crippen molar-refractivity contribution in [1.82, 2.24) is 0 Å². The molecule has 3 aliphatic rings. The van der Waals surface area contributed by atoms with Gasteiger partial charge in [-0.1, -0.05) is 70.9 Å². The zero-order chi connectivity index (χ0) is 28.4. The van der Waals surface area contributed by atoms with E-state index in [1.54, 1.807) is 12.1 Å². The van der Waals surface area contributed by atoms with Gasteiger partial charge in [0, 0.05) is 12.5 Å². The van der Waals surface area contributed by atoms with Crippen LogP contribution in [0, 0.1) is 29.5 Å². The number of hydrogen-bond acceptors (Lipinski definition) is 6. The Bertz CT molecular complexity index is 856. The average molecular weight is 581 g/mol. The van der Waals surface area contributed by atoms with Crippen LogP contribution in [0.1, 0.15) is 110 Å². The Morgan fingerprint density at radius 3 is 2.20 bits per heavy atom. The van der Waals surface area contributed by atoms with E-state index >= 15 is 0 Å². The van der Waals surface area contributed by atoms with Crippen LogP contribution >= 0.6 is 11.8 Å². The third-order valence-corrected chi connectivity index (χ3v) is 11.2. The first-order valence-corrected chi connectivity index (χ1v) is 17.1. The molecule has 2 heterocycles. The molecule has 0 spiro atoms. The fraction of sp³-hybridized carbons (Fsp3) is 0.818. The van der Waals surface area contributed by atoms with Gasteiger partial charge in [-0.05, 0) is 86.7 Å². The molecule has 2 saturated heterocycles. The molecule has 8 unspecified atom stereocenters. The fourth-order valence-electron chi connectivity index (χ4n) is 7.38. The number of benzene rings is 1. The molecule has 0 amide bonds. The summed E-state index contributed by atoms with van der Waals surface area (Å²) >= 11 is 1.94. The highest BCUT2D eigenvalue weighted by molar-refractivity contribution is 7.99. The molecule has 7 heteroatoms. The molecule has 228 valence electrons. The Morgan fingerprint density at radius 1 is 0.850 bits per heavy atom. The van der Waals surface area contributed by atoms with Gasteiger partial charge in [0.2, 0.25) is 0 Å². The molecule has 0 radical (unpaired) electrons. The molecule has 5 nitrogen and oxygen atoms in total. The van der Waals surface area contributed by atoms with Gasteiger partial charge in [0.05, 0.1) is 12.7 Å². The van der Waals surface area contributed by atoms with Gasteiger partial charge in [0.25, 0.3) is 0 Å². The molecule has 1 saturated carbocycles. The Balaban J connectivity index is 1.05. The van der Waals surface area contributed by atoms with Crippen LogP contribution in [-0.4, -0.2) is 41.0 Å². The Labute approximate surface area is 246 Å². The summed E-state index contributed by atoms with van der Waals surface area (Å²) in [6.45, 7) is 8.06. The van der Waals surface area contributed by atoms with Gasteiger partial charge in [0.15, 0.2) is 11.9 Å². The van der Waals surface area contributed by atoms with E-state index in [0.29, 0.717) is 18.4 Å². The van der Waals surface area contributed by atoms with E-state index in [0.717, 1.165) is 43.6 Å². The lowest BCUT2D eigenvalue weighted by atomic mass is 9.58. The minimum absolute atomic E-state index is 0.0947. The van der Waals surface area contributed by atoms with E-state index in [4.69, 9.17) is 19.1 Å². The maximum atomic E-state index is 12.9. The lowest BCUT2D eigenvalue weighted by Gasteiger charge is -2.57. The molecule has 3 fully saturated rings. The molecule has 40 heavy (non-hydrogen) atoms. The third-order valence-electron chi connectivity index (χ3n) is 9.76. The van der Waals surface area contributed by atoms with Crippen molar-refractivity contribution in [3.8, 4) is 0 Å². The molecule has 1 aliphatic carbocycles. The third kappa shape index (κ3) is 8.23. The zero-order valence-corrected chi connectivity index (χ0v) is 25.8. The van der Waals surface area contributed by atoms with Gasteiger partial charge in [-0.3, -0.25) is 5.26 Å². The molecule has 2 aliphatic heterocycles. The van der Waals surface area contributed by atoms with Crippen molar-refractivity contribution in [2.24, 2.45) is 23.7 Å². The summed E-state index contributed by atoms with van der Waals surface area (Å²) < 4.78 is 31.6. The van der Waals surface area contributed by atoms with Crippen LogP contribution in [-0.2, 0) is 25.7 Å². The monoisotopic (exact) mass is 580 g/mol. The number of hydrogen-bond donors (Lipinski definition) is 1. The van der Waals surface area contributed by atoms with Gasteiger partial charge in [-0.2, -0.15) is 0 Å². The summed E-state index contributed by atoms with van der Waals surface area (Å²) in [4.78, 5) is 5.43. The van der Waals surface area contributed by atoms with Crippen LogP contribution in [0.5, 0.6) is 0 Å². The van der Waals surface area contributed by atoms with Crippen molar-refractivity contribution in [2.75, 3.05) is 12.4 Å². The topological polar surface area (TPSA) is 57.2 Å². The van der Waals surface area contributed by atoms with E-state index < -0.39 is 11.9 Å². The molecule has 1 N–H and O–H groups in total. The first-order chi connectivity index (χ1) is 19.5. The first kappa shape index (κ1) is 32.2. The van der Waals surface area contributed by atoms with Crippen molar-refractivity contribution in [2.45, 2.75) is 134 Å². The van der Waals surface area contributed by atoms with Gasteiger partial charge < -0.3 is 14.2 Å². The maximum absolute atomic E-state index is 12.9. The van der Waals surface area contributed by atoms with Crippen molar-refractivity contribution < 1.29 is 28.7 Å². The van der Waals surface area contributed by atoms with Crippen molar-refractivity contribution >= 4 is 11.8 Å². The predicted molar refractivity (Wildman–Crippen MR) is 159 cm³/mol. The fourth-order valence-corrected chi connectivity index (χ4v) is 8.65. The number of thioether (sulfide) groups is 1. The second-order valence-electron chi connectivity index (χ2n) is 12.7. The molecule has 8 atom stereocenters. The molecule has 4 rings (SSSR count). The van der Waals surface area contributed by atoms with Gasteiger partial charge >= 0.3 is 0 Å². The minimum Gasteiger partial charge on any atom is -0.377 e. The molecule has 0 bridgehead atoms. The average Bonchev–Trinajstić information content (AvgIpc) is 3.10. The van der Waals surface area contributed by atoms with Gasteiger partial charge in [-0.25, -0.2) is 9.28 Å². The quantitative estimate of drug-likeness (QED) is 0.120. The largest absolute Gasteiger partial charge is 0.377 e. The standard InChI is InChI=1S/C33H53FO5S/c1-24-13-19-30-26(3)31(38-32-33(30,39-35)29(24)20-14-25(2)37-32)40-22-12-10-8-6-4-5-7-9-11-21-36-23-27-15-17-28(34)18-16-27/h15-18,24-26,29-32,35H,4-14,19-23H2,1-3H3. The number of rotatable bonds is 16. The SMILES string of the molecule is CC1CCC2C(C)CCC3C(C)C(SCCCCCCCCCCCOCc4ccc(F)cc4)OC(O1)C23OO. The lowest BCUT2D eigenvalue weighted by Crippen LogP contribution is -2.66. The summed E-state index contributed by atoms with van der Waals surface area (Å²) in [5.41, 5.74) is 0.396. The van der Waals surface area contributed by atoms with Crippen molar-refractivity contribution in [1.29, 1.82) is 0 Å². The molecular formula is C33H53FO5S. The molecule has 1 aromatic rings. The van der Waals surface area contributed by atoms with Gasteiger partial charge in [0.1, 0.15) is 11.3 Å². The Kier molecular flexibility index (Phi) is 13.1. The normalized spacial score (nSPS) is 33.9. The second-order valence-corrected chi connectivity index (χ2v) is 13.9. The smallest absolute Gasteiger partial charge is 0.191 e. The number of unbranched alkanes of at least 4 members (excludes halogenated alkanes) is 8. The van der Waals surface area contributed by atoms with E-state index in [2.05, 4.69) is 20.8 Å². The van der Waals surface area contributed by atoms with Crippen molar-refractivity contribution in [3.63, 3.8) is 0 Å². The van der Waals surface area contributed by atoms with Crippen LogP contribution in [0.3, 0.4) is 0 Å². The van der Waals surface area contributed by atoms with Crippen molar-refractivity contribution in [3.05, 3.63) is 35.6 Å². The highest BCUT2D eigenvalue weighted by Gasteiger charge is 2.64. The lowest BCUT2D eigenvalue weighted by molar-refractivity contribution is -0.438. The summed E-state index contributed by atoms with van der Waals surface area (Å²) in [5, 5.41) is 10.3. The summed E-state index contributed by atoms with van der Waals surface area (Å²) in [5.74, 6) is 2.28. The number of ether oxygens (including phenoxy) is 3. The van der Waals surface area contributed by atoms with Crippen LogP contribution in [0.2, 0.25) is 0 Å². The highest BCUT2D eigenvalue weighted by atomic mass is 32.2. The minimum atomic E-state index is -0.726. The Hall–Kier alpha value is -0.700. The van der Waals surface area contributed by atoms with Crippen LogP contribution in [0.25, 0.3) is 0 Å². The van der Waals surface area contributed by atoms with Crippen LogP contribution in [0.15, 0.2) is 24.3 Å². The predicted octanol–water partition coefficient (Wildman–Crippen LogP) is 8.99. The van der Waals surface area contributed by atoms with E-state index in [-0.39, 0.29) is 29.2 Å². The van der Waals surface area contributed by atoms with Gasteiger partial charge in [-0.15, -0.1) is 11.8 Å². The maximum Gasteiger partial charge on any atom is 0.191 e. The van der Waals surface area contributed by atoms with E-state index in [1.165, 1.54) is 69.9 Å². The summed E-state index contributed by atoms with van der Waals surface area (Å²) in [7, 11) is 0. The molecule has 0 aromatic heterocycles. The summed E-state index contributed by atoms with van der Waals surface area (Å²) in [6.07, 6.45) is 15.2. The summed E-state index contributed by atoms with van der Waals surface area (Å²) in [6, 6.07) is 6.54. The second kappa shape index (κ2) is 16.2. The number of halogens is 1. The zero-order valence-electron chi connectivity index (χ0n) is 25.0. The van der Waals surface area contributed by atoms with Crippen LogP contribution in [0.4, 0.5) is 4.39 Å². The highest BCUT2D eigenvalue weighted by Crippen LogP contribution is 2.57. The first-order valence-electron chi connectivity index (χ1n) is 16.0.